The first-order valence-corrected chi connectivity index (χ1v) is 6.79. The van der Waals surface area contributed by atoms with Crippen LogP contribution in [0.1, 0.15) is 36.2 Å². The van der Waals surface area contributed by atoms with Crippen LogP contribution in [0.3, 0.4) is 0 Å². The minimum atomic E-state index is -5.71. The van der Waals surface area contributed by atoms with Crippen molar-refractivity contribution in [1.29, 1.82) is 0 Å². The van der Waals surface area contributed by atoms with Crippen molar-refractivity contribution in [2.45, 2.75) is 32.2 Å². The van der Waals surface area contributed by atoms with Gasteiger partial charge in [-0.05, 0) is 18.9 Å². The smallest absolute Gasteiger partial charge is 0.376 e. The topological polar surface area (TPSA) is 60.4 Å². The van der Waals surface area contributed by atoms with Gasteiger partial charge in [-0.2, -0.15) is 21.6 Å². The summed E-state index contributed by atoms with van der Waals surface area (Å²) in [6, 6.07) is 3.86. The van der Waals surface area contributed by atoms with Crippen LogP contribution >= 0.6 is 0 Å². The van der Waals surface area contributed by atoms with Gasteiger partial charge >= 0.3 is 15.6 Å². The van der Waals surface area contributed by atoms with Crippen LogP contribution in [0.25, 0.3) is 0 Å². The fraction of sp³-hybridized carbons (Fsp3) is 0.417. The fourth-order valence-corrected chi connectivity index (χ4v) is 2.38. The lowest BCUT2D eigenvalue weighted by Crippen LogP contribution is -2.28. The number of alkyl halides is 3. The quantitative estimate of drug-likeness (QED) is 0.622. The van der Waals surface area contributed by atoms with Gasteiger partial charge in [0.05, 0.1) is 0 Å². The summed E-state index contributed by atoms with van der Waals surface area (Å²) < 4.78 is 62.8. The van der Waals surface area contributed by atoms with E-state index in [1.54, 1.807) is 0 Å². The Morgan fingerprint density at radius 3 is 2.40 bits per heavy atom. The van der Waals surface area contributed by atoms with Crippen LogP contribution in [0.4, 0.5) is 13.2 Å². The molecule has 8 heteroatoms. The molecule has 0 amide bonds. The average molecular weight is 310 g/mol. The van der Waals surface area contributed by atoms with Crippen molar-refractivity contribution in [3.05, 3.63) is 29.3 Å². The largest absolute Gasteiger partial charge is 0.534 e. The van der Waals surface area contributed by atoms with Crippen molar-refractivity contribution in [1.82, 2.24) is 0 Å². The number of hydrogen-bond donors (Lipinski definition) is 0. The van der Waals surface area contributed by atoms with E-state index in [0.29, 0.717) is 19.3 Å². The van der Waals surface area contributed by atoms with Crippen molar-refractivity contribution in [2.24, 2.45) is 0 Å². The summed E-state index contributed by atoms with van der Waals surface area (Å²) in [5, 5.41) is 0. The molecule has 2 rings (SSSR count). The highest BCUT2D eigenvalue weighted by atomic mass is 32.2. The first-order chi connectivity index (χ1) is 8.72. The Balaban J connectivity index is 0.00000200. The van der Waals surface area contributed by atoms with Crippen molar-refractivity contribution < 1.29 is 30.6 Å². The van der Waals surface area contributed by atoms with Crippen LogP contribution < -0.4 is 4.18 Å². The molecule has 4 nitrogen and oxygen atoms in total. The summed E-state index contributed by atoms with van der Waals surface area (Å²) in [6.45, 7) is 0. The molecular weight excluding hydrogens is 297 g/mol. The van der Waals surface area contributed by atoms with E-state index in [4.69, 9.17) is 0 Å². The molecule has 112 valence electrons. The molecule has 0 aliphatic heterocycles. The number of carbonyl (C=O) groups excluding carboxylic acids is 1. The van der Waals surface area contributed by atoms with E-state index in [2.05, 4.69) is 4.18 Å². The summed E-state index contributed by atoms with van der Waals surface area (Å²) in [7, 11) is -5.71. The van der Waals surface area contributed by atoms with Gasteiger partial charge in [-0.3, -0.25) is 4.79 Å². The molecule has 0 radical (unpaired) electrons. The minimum Gasteiger partial charge on any atom is -0.376 e. The monoisotopic (exact) mass is 310 g/mol. The van der Waals surface area contributed by atoms with Crippen molar-refractivity contribution in [2.75, 3.05) is 0 Å². The average Bonchev–Trinajstić information content (AvgIpc) is 2.28. The second-order valence-corrected chi connectivity index (χ2v) is 5.58. The predicted molar refractivity (Wildman–Crippen MR) is 66.0 cm³/mol. The van der Waals surface area contributed by atoms with Crippen LogP contribution in [-0.2, 0) is 16.5 Å². The number of rotatable bonds is 2. The molecule has 1 aliphatic carbocycles. The summed E-state index contributed by atoms with van der Waals surface area (Å²) in [4.78, 5) is 11.6. The van der Waals surface area contributed by atoms with Gasteiger partial charge in [-0.25, -0.2) is 0 Å². The number of halogens is 3. The maximum Gasteiger partial charge on any atom is 0.534 e. The molecule has 0 atom stereocenters. The minimum absolute atomic E-state index is 0. The summed E-state index contributed by atoms with van der Waals surface area (Å²) in [5.74, 6) is -0.654. The third-order valence-corrected chi connectivity index (χ3v) is 3.71. The number of Topliss-reactive ketones (excluding diaryl/α,β-unsaturated/α-hetero) is 1. The molecule has 0 bridgehead atoms. The Morgan fingerprint density at radius 1 is 1.15 bits per heavy atom. The first-order valence-electron chi connectivity index (χ1n) is 5.38. The second-order valence-electron chi connectivity index (χ2n) is 4.04. The molecule has 0 aromatic heterocycles. The van der Waals surface area contributed by atoms with Gasteiger partial charge in [0.1, 0.15) is 5.75 Å². The van der Waals surface area contributed by atoms with Crippen molar-refractivity contribution in [3.8, 4) is 5.75 Å². The third kappa shape index (κ3) is 2.95. The Morgan fingerprint density at radius 2 is 1.80 bits per heavy atom. The number of fused-ring (bicyclic) bond motifs is 1. The molecule has 0 fully saturated rings. The first kappa shape index (κ1) is 16.5. The van der Waals surface area contributed by atoms with Gasteiger partial charge in [0.25, 0.3) is 0 Å². The molecule has 0 saturated carbocycles. The molecule has 0 unspecified atom stereocenters. The predicted octanol–water partition coefficient (Wildman–Crippen LogP) is 3.07. The lowest BCUT2D eigenvalue weighted by molar-refractivity contribution is -0.0500. The molecule has 0 heterocycles. The van der Waals surface area contributed by atoms with Crippen molar-refractivity contribution in [3.63, 3.8) is 0 Å². The molecule has 20 heavy (non-hydrogen) atoms. The summed E-state index contributed by atoms with van der Waals surface area (Å²) in [5.41, 5.74) is -5.05. The summed E-state index contributed by atoms with van der Waals surface area (Å²) >= 11 is 0. The Labute approximate surface area is 114 Å². The lowest BCUT2D eigenvalue weighted by atomic mass is 9.90. The normalized spacial score (nSPS) is 15.2. The van der Waals surface area contributed by atoms with E-state index >= 15 is 0 Å². The maximum atomic E-state index is 12.2. The Bertz CT molecular complexity index is 620. The van der Waals surface area contributed by atoms with Crippen molar-refractivity contribution >= 4 is 15.9 Å². The highest BCUT2D eigenvalue weighted by Gasteiger charge is 2.48. The highest BCUT2D eigenvalue weighted by molar-refractivity contribution is 7.88. The zero-order valence-electron chi connectivity index (χ0n) is 9.53. The van der Waals surface area contributed by atoms with E-state index in [9.17, 15) is 26.4 Å². The standard InChI is InChI=1S/C11H9F3O4S.CH4/c12-11(13,14)19(16,17)18-10-6-2-3-7-8(10)4-1-5-9(7)15;/h2-3,6H,1,4-5H2;1H4. The van der Waals surface area contributed by atoms with Crippen LogP contribution in [-0.4, -0.2) is 19.7 Å². The number of hydrogen-bond acceptors (Lipinski definition) is 4. The number of carbonyl (C=O) groups is 1. The lowest BCUT2D eigenvalue weighted by Gasteiger charge is -2.18. The molecule has 1 aromatic rings. The molecule has 0 spiro atoms. The van der Waals surface area contributed by atoms with E-state index < -0.39 is 21.4 Å². The van der Waals surface area contributed by atoms with E-state index in [1.807, 2.05) is 0 Å². The zero-order chi connectivity index (χ0) is 14.3. The zero-order valence-corrected chi connectivity index (χ0v) is 10.3. The van der Waals surface area contributed by atoms with E-state index in [0.717, 1.165) is 6.07 Å². The second kappa shape index (κ2) is 5.43. The molecular formula is C12H13F3O4S. The van der Waals surface area contributed by atoms with Crippen LogP contribution in [0.2, 0.25) is 0 Å². The van der Waals surface area contributed by atoms with Crippen LogP contribution in [0.15, 0.2) is 18.2 Å². The molecule has 1 aromatic carbocycles. The van der Waals surface area contributed by atoms with Crippen LogP contribution in [0, 0.1) is 0 Å². The fourth-order valence-electron chi connectivity index (χ4n) is 1.89. The SMILES string of the molecule is C.O=C1CCCc2c(OS(=O)(=O)C(F)(F)F)cccc21. The number of ketones is 1. The van der Waals surface area contributed by atoms with Gasteiger partial charge in [0.15, 0.2) is 5.78 Å². The van der Waals surface area contributed by atoms with Gasteiger partial charge < -0.3 is 4.18 Å². The van der Waals surface area contributed by atoms with Crippen LogP contribution in [0.5, 0.6) is 5.75 Å². The Hall–Kier alpha value is -1.57. The van der Waals surface area contributed by atoms with E-state index in [-0.39, 0.29) is 24.3 Å². The van der Waals surface area contributed by atoms with Gasteiger partial charge in [-0.1, -0.05) is 19.6 Å². The molecule has 1 aliphatic rings. The summed E-state index contributed by atoms with van der Waals surface area (Å²) in [6.07, 6.45) is 1.06. The van der Waals surface area contributed by atoms with Gasteiger partial charge in [-0.15, -0.1) is 0 Å². The molecule has 0 N–H and O–H groups in total. The third-order valence-electron chi connectivity index (χ3n) is 2.75. The van der Waals surface area contributed by atoms with Gasteiger partial charge in [0, 0.05) is 17.5 Å². The van der Waals surface area contributed by atoms with Gasteiger partial charge in [0.2, 0.25) is 0 Å². The molecule has 0 saturated heterocycles. The Kier molecular flexibility index (Phi) is 4.48. The van der Waals surface area contributed by atoms with E-state index in [1.165, 1.54) is 12.1 Å². The number of benzene rings is 1. The maximum absolute atomic E-state index is 12.2. The highest BCUT2D eigenvalue weighted by Crippen LogP contribution is 2.33.